The van der Waals surface area contributed by atoms with E-state index in [0.29, 0.717) is 0 Å². The lowest BCUT2D eigenvalue weighted by Gasteiger charge is -2.33. The van der Waals surface area contributed by atoms with Crippen LogP contribution in [0.3, 0.4) is 0 Å². The number of rotatable bonds is 2. The van der Waals surface area contributed by atoms with Gasteiger partial charge >= 0.3 is 5.97 Å². The number of esters is 1. The van der Waals surface area contributed by atoms with Crippen molar-refractivity contribution in [2.24, 2.45) is 5.92 Å². The first-order valence-electron chi connectivity index (χ1n) is 4.57. The summed E-state index contributed by atoms with van der Waals surface area (Å²) in [5.41, 5.74) is 0. The molecule has 3 nitrogen and oxygen atoms in total. The first-order chi connectivity index (χ1) is 6.83. The second kappa shape index (κ2) is 4.43. The molecular formula is C9H11ClF2O3. The van der Waals surface area contributed by atoms with Crippen LogP contribution in [-0.4, -0.2) is 23.2 Å². The molecule has 0 bridgehead atoms. The predicted molar refractivity (Wildman–Crippen MR) is 48.7 cm³/mol. The zero-order valence-electron chi connectivity index (χ0n) is 8.13. The third-order valence-electron chi connectivity index (χ3n) is 2.40. The summed E-state index contributed by atoms with van der Waals surface area (Å²) in [6.07, 6.45) is -1.87. The van der Waals surface area contributed by atoms with E-state index in [1.807, 2.05) is 0 Å². The first kappa shape index (κ1) is 12.4. The van der Waals surface area contributed by atoms with Gasteiger partial charge in [-0.1, -0.05) is 0 Å². The van der Waals surface area contributed by atoms with Gasteiger partial charge < -0.3 is 4.74 Å². The van der Waals surface area contributed by atoms with Crippen LogP contribution in [0, 0.1) is 5.92 Å². The number of hydrogen-bond acceptors (Lipinski definition) is 3. The van der Waals surface area contributed by atoms with E-state index in [0.717, 1.165) is 6.92 Å². The van der Waals surface area contributed by atoms with Gasteiger partial charge in [-0.3, -0.25) is 9.59 Å². The van der Waals surface area contributed by atoms with Gasteiger partial charge in [0.15, 0.2) is 6.10 Å². The molecular weight excluding hydrogens is 230 g/mol. The molecule has 0 heterocycles. The number of carbonyl (C=O) groups excluding carboxylic acids is 2. The van der Waals surface area contributed by atoms with Gasteiger partial charge in [-0.2, -0.15) is 0 Å². The summed E-state index contributed by atoms with van der Waals surface area (Å²) in [5.74, 6) is -4.75. The lowest BCUT2D eigenvalue weighted by atomic mass is 9.85. The minimum atomic E-state index is -3.17. The van der Waals surface area contributed by atoms with Crippen molar-refractivity contribution in [3.05, 3.63) is 0 Å². The Kier molecular flexibility index (Phi) is 3.65. The fourth-order valence-electron chi connectivity index (χ4n) is 1.66. The van der Waals surface area contributed by atoms with Gasteiger partial charge in [-0.25, -0.2) is 8.78 Å². The minimum Gasteiger partial charge on any atom is -0.456 e. The first-order valence-corrected chi connectivity index (χ1v) is 4.95. The van der Waals surface area contributed by atoms with Gasteiger partial charge in [0.25, 0.3) is 5.92 Å². The third kappa shape index (κ3) is 3.12. The topological polar surface area (TPSA) is 43.4 Å². The van der Waals surface area contributed by atoms with Crippen LogP contribution in [0.5, 0.6) is 0 Å². The Labute approximate surface area is 90.7 Å². The molecule has 0 unspecified atom stereocenters. The van der Waals surface area contributed by atoms with E-state index >= 15 is 0 Å². The second-order valence-electron chi connectivity index (χ2n) is 3.64. The largest absolute Gasteiger partial charge is 0.456 e. The van der Waals surface area contributed by atoms with Gasteiger partial charge in [0.2, 0.25) is 5.24 Å². The van der Waals surface area contributed by atoms with Gasteiger partial charge in [0.1, 0.15) is 0 Å². The van der Waals surface area contributed by atoms with Crippen LogP contribution in [0.15, 0.2) is 0 Å². The fourth-order valence-corrected chi connectivity index (χ4v) is 1.85. The molecule has 0 aromatic carbocycles. The summed E-state index contributed by atoms with van der Waals surface area (Å²) in [6.45, 7) is 1.08. The average molecular weight is 241 g/mol. The molecule has 0 aromatic heterocycles. The van der Waals surface area contributed by atoms with Crippen molar-refractivity contribution >= 4 is 22.8 Å². The molecule has 0 amide bonds. The standard InChI is InChI=1S/C9H11ClF2O3/c1-5(13)15-7-3-2-6(8(10)14)4-9(7,11)12/h6-7H,2-4H2,1H3/t6-,7-/m1/s1. The fraction of sp³-hybridized carbons (Fsp3) is 0.778. The van der Waals surface area contributed by atoms with Crippen molar-refractivity contribution in [2.75, 3.05) is 0 Å². The van der Waals surface area contributed by atoms with Crippen LogP contribution in [0.1, 0.15) is 26.2 Å². The van der Waals surface area contributed by atoms with Gasteiger partial charge in [-0.05, 0) is 24.4 Å². The highest BCUT2D eigenvalue weighted by Crippen LogP contribution is 2.39. The van der Waals surface area contributed by atoms with E-state index in [-0.39, 0.29) is 12.8 Å². The summed E-state index contributed by atoms with van der Waals surface area (Å²) in [6, 6.07) is 0. The Morgan fingerprint density at radius 2 is 2.00 bits per heavy atom. The summed E-state index contributed by atoms with van der Waals surface area (Å²) < 4.78 is 31.2. The van der Waals surface area contributed by atoms with E-state index in [1.165, 1.54) is 0 Å². The minimum absolute atomic E-state index is 0.0320. The predicted octanol–water partition coefficient (Wildman–Crippen LogP) is 2.12. The van der Waals surface area contributed by atoms with Crippen molar-refractivity contribution < 1.29 is 23.1 Å². The second-order valence-corrected chi connectivity index (χ2v) is 4.01. The molecule has 1 saturated carbocycles. The zero-order valence-corrected chi connectivity index (χ0v) is 8.89. The van der Waals surface area contributed by atoms with E-state index in [1.54, 1.807) is 0 Å². The van der Waals surface area contributed by atoms with Crippen molar-refractivity contribution in [1.82, 2.24) is 0 Å². The molecule has 0 aromatic rings. The van der Waals surface area contributed by atoms with Crippen molar-refractivity contribution in [2.45, 2.75) is 38.2 Å². The van der Waals surface area contributed by atoms with Crippen molar-refractivity contribution in [3.8, 4) is 0 Å². The molecule has 0 radical (unpaired) electrons. The molecule has 1 aliphatic rings. The zero-order chi connectivity index (χ0) is 11.6. The van der Waals surface area contributed by atoms with E-state index in [9.17, 15) is 18.4 Å². The molecule has 1 fully saturated rings. The van der Waals surface area contributed by atoms with Gasteiger partial charge in [0, 0.05) is 19.3 Å². The maximum Gasteiger partial charge on any atom is 0.303 e. The highest BCUT2D eigenvalue weighted by Gasteiger charge is 2.48. The highest BCUT2D eigenvalue weighted by atomic mass is 35.5. The molecule has 0 N–H and O–H groups in total. The van der Waals surface area contributed by atoms with Crippen molar-refractivity contribution in [3.63, 3.8) is 0 Å². The number of alkyl halides is 2. The molecule has 1 aliphatic carbocycles. The summed E-state index contributed by atoms with van der Waals surface area (Å²) in [5, 5.41) is -0.754. The molecule has 0 spiro atoms. The van der Waals surface area contributed by atoms with E-state index < -0.39 is 35.6 Å². The molecule has 0 aliphatic heterocycles. The van der Waals surface area contributed by atoms with Crippen molar-refractivity contribution in [1.29, 1.82) is 0 Å². The molecule has 1 rings (SSSR count). The lowest BCUT2D eigenvalue weighted by molar-refractivity contribution is -0.184. The monoisotopic (exact) mass is 240 g/mol. The Balaban J connectivity index is 2.66. The summed E-state index contributed by atoms with van der Waals surface area (Å²) in [7, 11) is 0. The maximum atomic E-state index is 13.4. The number of hydrogen-bond donors (Lipinski definition) is 0. The molecule has 2 atom stereocenters. The van der Waals surface area contributed by atoms with Crippen LogP contribution in [-0.2, 0) is 14.3 Å². The molecule has 0 saturated heterocycles. The Hall–Kier alpha value is -0.710. The third-order valence-corrected chi connectivity index (χ3v) is 2.70. The molecule has 6 heteroatoms. The summed E-state index contributed by atoms with van der Waals surface area (Å²) in [4.78, 5) is 21.3. The Morgan fingerprint density at radius 3 is 2.40 bits per heavy atom. The van der Waals surface area contributed by atoms with Crippen LogP contribution < -0.4 is 0 Å². The highest BCUT2D eigenvalue weighted by molar-refractivity contribution is 6.64. The Bertz CT molecular complexity index is 281. The SMILES string of the molecule is CC(=O)O[C@@H]1CC[C@@H](C(=O)Cl)CC1(F)F. The Morgan fingerprint density at radius 1 is 1.40 bits per heavy atom. The normalized spacial score (nSPS) is 29.6. The molecule has 86 valence electrons. The van der Waals surface area contributed by atoms with E-state index in [4.69, 9.17) is 11.6 Å². The molecule has 15 heavy (non-hydrogen) atoms. The maximum absolute atomic E-state index is 13.4. The van der Waals surface area contributed by atoms with Crippen LogP contribution in [0.2, 0.25) is 0 Å². The number of ether oxygens (including phenoxy) is 1. The lowest BCUT2D eigenvalue weighted by Crippen LogP contribution is -2.43. The summed E-state index contributed by atoms with van der Waals surface area (Å²) >= 11 is 5.16. The smallest absolute Gasteiger partial charge is 0.303 e. The van der Waals surface area contributed by atoms with Crippen LogP contribution in [0.25, 0.3) is 0 Å². The van der Waals surface area contributed by atoms with Crippen LogP contribution >= 0.6 is 11.6 Å². The number of halogens is 3. The van der Waals surface area contributed by atoms with Crippen LogP contribution in [0.4, 0.5) is 8.78 Å². The van der Waals surface area contributed by atoms with Gasteiger partial charge in [0.05, 0.1) is 0 Å². The quantitative estimate of drug-likeness (QED) is 0.549. The van der Waals surface area contributed by atoms with E-state index in [2.05, 4.69) is 4.74 Å². The van der Waals surface area contributed by atoms with Gasteiger partial charge in [-0.15, -0.1) is 0 Å². The number of carbonyl (C=O) groups is 2. The average Bonchev–Trinajstić information content (AvgIpc) is 2.07.